The molecular weight excluding hydrogens is 268 g/mol. The summed E-state index contributed by atoms with van der Waals surface area (Å²) in [6.07, 6.45) is 1.62. The topological polar surface area (TPSA) is 71.3 Å². The largest absolute Gasteiger partial charge is 0.394 e. The smallest absolute Gasteiger partial charge is 0.268 e. The summed E-state index contributed by atoms with van der Waals surface area (Å²) in [4.78, 5) is 23.6. The number of nitrogens with one attached hydrogen (secondary N) is 1. The summed E-state index contributed by atoms with van der Waals surface area (Å²) in [6, 6.07) is 10.3. The van der Waals surface area contributed by atoms with Crippen LogP contribution in [0, 0.1) is 0 Å². The molecule has 1 heterocycles. The standard InChI is InChI=1S/C16H18N2O3/c1-11(20)13-8-15(18(2)9-13)16(21)17-14(10-19)12-6-4-3-5-7-12/h3-9,14,19H,10H2,1-2H3,(H,17,21)/t14-/m0/s1. The number of carbonyl (C=O) groups excluding carboxylic acids is 2. The molecule has 1 atom stereocenters. The van der Waals surface area contributed by atoms with Crippen LogP contribution in [-0.4, -0.2) is 28.0 Å². The fourth-order valence-corrected chi connectivity index (χ4v) is 2.13. The molecule has 0 bridgehead atoms. The lowest BCUT2D eigenvalue weighted by atomic mass is 10.1. The van der Waals surface area contributed by atoms with Crippen molar-refractivity contribution in [3.63, 3.8) is 0 Å². The van der Waals surface area contributed by atoms with Crippen molar-refractivity contribution in [3.05, 3.63) is 59.4 Å². The third-order valence-electron chi connectivity index (χ3n) is 3.33. The van der Waals surface area contributed by atoms with Crippen LogP contribution in [-0.2, 0) is 7.05 Å². The minimum atomic E-state index is -0.477. The number of aliphatic hydroxyl groups excluding tert-OH is 1. The van der Waals surface area contributed by atoms with Gasteiger partial charge in [-0.1, -0.05) is 30.3 Å². The van der Waals surface area contributed by atoms with Crippen molar-refractivity contribution in [2.45, 2.75) is 13.0 Å². The quantitative estimate of drug-likeness (QED) is 0.822. The lowest BCUT2D eigenvalue weighted by Gasteiger charge is -2.16. The van der Waals surface area contributed by atoms with Crippen LogP contribution < -0.4 is 5.32 Å². The van der Waals surface area contributed by atoms with Gasteiger partial charge in [0.15, 0.2) is 5.78 Å². The Balaban J connectivity index is 2.19. The number of aryl methyl sites for hydroxylation is 1. The molecule has 5 heteroatoms. The zero-order valence-electron chi connectivity index (χ0n) is 12.0. The summed E-state index contributed by atoms with van der Waals surface area (Å²) in [6.45, 7) is 1.26. The van der Waals surface area contributed by atoms with Crippen LogP contribution >= 0.6 is 0 Å². The Hall–Kier alpha value is -2.40. The van der Waals surface area contributed by atoms with E-state index < -0.39 is 6.04 Å². The highest BCUT2D eigenvalue weighted by Gasteiger charge is 2.18. The van der Waals surface area contributed by atoms with E-state index in [4.69, 9.17) is 0 Å². The number of nitrogens with zero attached hydrogens (tertiary/aromatic N) is 1. The molecule has 0 fully saturated rings. The highest BCUT2D eigenvalue weighted by molar-refractivity contribution is 5.99. The third kappa shape index (κ3) is 3.38. The van der Waals surface area contributed by atoms with Gasteiger partial charge in [0.25, 0.3) is 5.91 Å². The molecule has 0 aliphatic heterocycles. The van der Waals surface area contributed by atoms with Crippen LogP contribution in [0.3, 0.4) is 0 Å². The van der Waals surface area contributed by atoms with E-state index in [2.05, 4.69) is 5.32 Å². The second-order valence-corrected chi connectivity index (χ2v) is 4.90. The number of aliphatic hydroxyl groups is 1. The van der Waals surface area contributed by atoms with Crippen molar-refractivity contribution in [3.8, 4) is 0 Å². The number of hydrogen-bond donors (Lipinski definition) is 2. The number of amides is 1. The first kappa shape index (κ1) is 15.0. The summed E-state index contributed by atoms with van der Waals surface area (Å²) in [5, 5.41) is 12.2. The maximum atomic E-state index is 12.3. The zero-order valence-corrected chi connectivity index (χ0v) is 12.0. The Bertz CT molecular complexity index is 647. The Kier molecular flexibility index (Phi) is 4.55. The van der Waals surface area contributed by atoms with Gasteiger partial charge in [-0.15, -0.1) is 0 Å². The van der Waals surface area contributed by atoms with Crippen molar-refractivity contribution >= 4 is 11.7 Å². The molecule has 0 spiro atoms. The number of Topliss-reactive ketones (excluding diaryl/α,β-unsaturated/α-hetero) is 1. The minimum absolute atomic E-state index is 0.0913. The molecule has 0 aliphatic carbocycles. The molecule has 2 N–H and O–H groups in total. The van der Waals surface area contributed by atoms with Gasteiger partial charge in [-0.05, 0) is 18.6 Å². The molecule has 110 valence electrons. The molecule has 0 saturated carbocycles. The van der Waals surface area contributed by atoms with Crippen molar-refractivity contribution in [1.29, 1.82) is 0 Å². The molecule has 1 amide bonds. The van der Waals surface area contributed by atoms with E-state index in [0.29, 0.717) is 11.3 Å². The number of hydrogen-bond acceptors (Lipinski definition) is 3. The van der Waals surface area contributed by atoms with Crippen LogP contribution in [0.2, 0.25) is 0 Å². The molecule has 21 heavy (non-hydrogen) atoms. The van der Waals surface area contributed by atoms with Gasteiger partial charge in [0.05, 0.1) is 12.6 Å². The van der Waals surface area contributed by atoms with Gasteiger partial charge in [-0.2, -0.15) is 0 Å². The van der Waals surface area contributed by atoms with Gasteiger partial charge in [0, 0.05) is 18.8 Å². The van der Waals surface area contributed by atoms with Crippen LogP contribution in [0.25, 0.3) is 0 Å². The zero-order chi connectivity index (χ0) is 15.4. The highest BCUT2D eigenvalue weighted by Crippen LogP contribution is 2.14. The Labute approximate surface area is 123 Å². The predicted octanol–water partition coefficient (Wildman–Crippen LogP) is 1.69. The molecule has 5 nitrogen and oxygen atoms in total. The highest BCUT2D eigenvalue weighted by atomic mass is 16.3. The first-order valence-electron chi connectivity index (χ1n) is 6.67. The molecule has 2 rings (SSSR count). The van der Waals surface area contributed by atoms with Crippen molar-refractivity contribution in [2.75, 3.05) is 6.61 Å². The molecule has 0 unspecified atom stereocenters. The van der Waals surface area contributed by atoms with Gasteiger partial charge in [0.2, 0.25) is 0 Å². The van der Waals surface area contributed by atoms with E-state index in [0.717, 1.165) is 5.56 Å². The molecule has 0 saturated heterocycles. The fourth-order valence-electron chi connectivity index (χ4n) is 2.13. The SMILES string of the molecule is CC(=O)c1cc(C(=O)N[C@@H](CO)c2ccccc2)n(C)c1. The first-order valence-corrected chi connectivity index (χ1v) is 6.67. The summed E-state index contributed by atoms with van der Waals surface area (Å²) >= 11 is 0. The Morgan fingerprint density at radius 1 is 1.29 bits per heavy atom. The predicted molar refractivity (Wildman–Crippen MR) is 79.2 cm³/mol. The first-order chi connectivity index (χ1) is 10.0. The lowest BCUT2D eigenvalue weighted by molar-refractivity contribution is 0.0908. The van der Waals surface area contributed by atoms with Crippen LogP contribution in [0.4, 0.5) is 0 Å². The third-order valence-corrected chi connectivity index (χ3v) is 3.33. The van der Waals surface area contributed by atoms with Crippen molar-refractivity contribution in [2.24, 2.45) is 7.05 Å². The average Bonchev–Trinajstić information content (AvgIpc) is 2.88. The number of aromatic nitrogens is 1. The van der Waals surface area contributed by atoms with Crippen molar-refractivity contribution in [1.82, 2.24) is 9.88 Å². The van der Waals surface area contributed by atoms with Crippen LogP contribution in [0.5, 0.6) is 0 Å². The van der Waals surface area contributed by atoms with Gasteiger partial charge in [-0.25, -0.2) is 0 Å². The summed E-state index contributed by atoms with van der Waals surface area (Å²) in [5.41, 5.74) is 1.70. The Morgan fingerprint density at radius 3 is 2.48 bits per heavy atom. The van der Waals surface area contributed by atoms with E-state index in [-0.39, 0.29) is 18.3 Å². The van der Waals surface area contributed by atoms with Gasteiger partial charge in [0.1, 0.15) is 5.69 Å². The summed E-state index contributed by atoms with van der Waals surface area (Å²) < 4.78 is 1.60. The molecule has 1 aromatic heterocycles. The molecule has 0 aliphatic rings. The van der Waals surface area contributed by atoms with E-state index in [1.807, 2.05) is 30.3 Å². The molecular formula is C16H18N2O3. The lowest BCUT2D eigenvalue weighted by Crippen LogP contribution is -2.31. The molecule has 2 aromatic rings. The number of rotatable bonds is 5. The van der Waals surface area contributed by atoms with Crippen molar-refractivity contribution < 1.29 is 14.7 Å². The minimum Gasteiger partial charge on any atom is -0.394 e. The Morgan fingerprint density at radius 2 is 1.95 bits per heavy atom. The maximum absolute atomic E-state index is 12.3. The van der Waals surface area contributed by atoms with Crippen LogP contribution in [0.1, 0.15) is 39.4 Å². The summed E-state index contributed by atoms with van der Waals surface area (Å²) in [5.74, 6) is -0.417. The molecule has 1 aromatic carbocycles. The fraction of sp³-hybridized carbons (Fsp3) is 0.250. The second kappa shape index (κ2) is 6.37. The number of ketones is 1. The van der Waals surface area contributed by atoms with E-state index in [1.165, 1.54) is 6.92 Å². The summed E-state index contributed by atoms with van der Waals surface area (Å²) in [7, 11) is 1.71. The normalized spacial score (nSPS) is 12.0. The molecule has 0 radical (unpaired) electrons. The maximum Gasteiger partial charge on any atom is 0.268 e. The van der Waals surface area contributed by atoms with Gasteiger partial charge >= 0.3 is 0 Å². The van der Waals surface area contributed by atoms with E-state index in [9.17, 15) is 14.7 Å². The van der Waals surface area contributed by atoms with Gasteiger partial charge < -0.3 is 15.0 Å². The number of benzene rings is 1. The van der Waals surface area contributed by atoms with E-state index >= 15 is 0 Å². The average molecular weight is 286 g/mol. The van der Waals surface area contributed by atoms with Gasteiger partial charge in [-0.3, -0.25) is 9.59 Å². The van der Waals surface area contributed by atoms with Crippen LogP contribution in [0.15, 0.2) is 42.6 Å². The second-order valence-electron chi connectivity index (χ2n) is 4.90. The van der Waals surface area contributed by atoms with E-state index in [1.54, 1.807) is 23.9 Å². The number of carbonyl (C=O) groups is 2. The monoisotopic (exact) mass is 286 g/mol.